The molecule has 6 heteroatoms. The van der Waals surface area contributed by atoms with Crippen molar-refractivity contribution >= 4 is 46.3 Å². The Morgan fingerprint density at radius 2 is 1.69 bits per heavy atom. The predicted molar refractivity (Wildman–Crippen MR) is 107 cm³/mol. The highest BCUT2D eigenvalue weighted by molar-refractivity contribution is 8.26. The van der Waals surface area contributed by atoms with E-state index in [0.717, 1.165) is 17.3 Å². The molecule has 1 saturated heterocycles. The zero-order valence-electron chi connectivity index (χ0n) is 13.6. The lowest BCUT2D eigenvalue weighted by Gasteiger charge is -2.23. The molecule has 0 aromatic heterocycles. The van der Waals surface area contributed by atoms with Gasteiger partial charge in [0.1, 0.15) is 4.32 Å². The van der Waals surface area contributed by atoms with Crippen molar-refractivity contribution in [2.75, 3.05) is 0 Å². The van der Waals surface area contributed by atoms with E-state index < -0.39 is 17.9 Å². The summed E-state index contributed by atoms with van der Waals surface area (Å²) in [5, 5.41) is 9.64. The molecule has 3 rings (SSSR count). The quantitative estimate of drug-likeness (QED) is 0.619. The minimum absolute atomic E-state index is 0.241. The number of rotatable bonds is 5. The van der Waals surface area contributed by atoms with Crippen molar-refractivity contribution in [3.05, 3.63) is 88.8 Å². The van der Waals surface area contributed by atoms with Crippen LogP contribution in [0.1, 0.15) is 17.2 Å². The number of allylic oxidation sites excluding steroid dienone is 2. The number of hydrogen-bond donors (Lipinski definition) is 1. The number of benzene rings is 2. The van der Waals surface area contributed by atoms with Gasteiger partial charge in [-0.15, -0.1) is 0 Å². The molecule has 130 valence electrons. The van der Waals surface area contributed by atoms with Crippen molar-refractivity contribution in [3.8, 4) is 0 Å². The molecule has 0 bridgehead atoms. The van der Waals surface area contributed by atoms with Crippen LogP contribution in [0, 0.1) is 0 Å². The summed E-state index contributed by atoms with van der Waals surface area (Å²) >= 11 is 6.39. The topological polar surface area (TPSA) is 57.6 Å². The zero-order valence-corrected chi connectivity index (χ0v) is 15.2. The van der Waals surface area contributed by atoms with Gasteiger partial charge >= 0.3 is 5.97 Å². The average molecular weight is 381 g/mol. The maximum atomic E-state index is 12.7. The molecule has 0 unspecified atom stereocenters. The highest BCUT2D eigenvalue weighted by atomic mass is 32.2. The third-order valence-corrected chi connectivity index (χ3v) is 5.12. The van der Waals surface area contributed by atoms with Crippen molar-refractivity contribution in [2.45, 2.75) is 6.04 Å². The lowest BCUT2D eigenvalue weighted by molar-refractivity contribution is -0.145. The van der Waals surface area contributed by atoms with Gasteiger partial charge in [-0.1, -0.05) is 96.8 Å². The van der Waals surface area contributed by atoms with Crippen LogP contribution in [0.4, 0.5) is 0 Å². The Bertz CT molecular complexity index is 892. The van der Waals surface area contributed by atoms with E-state index in [1.807, 2.05) is 36.4 Å². The molecule has 1 fully saturated rings. The fourth-order valence-electron chi connectivity index (χ4n) is 2.56. The second-order valence-electron chi connectivity index (χ2n) is 5.50. The summed E-state index contributed by atoms with van der Waals surface area (Å²) in [6, 6.07) is 17.2. The van der Waals surface area contributed by atoms with Crippen LogP contribution < -0.4 is 0 Å². The summed E-state index contributed by atoms with van der Waals surface area (Å²) in [5.74, 6) is -1.51. The summed E-state index contributed by atoms with van der Waals surface area (Å²) in [4.78, 5) is 26.1. The third kappa shape index (κ3) is 3.92. The van der Waals surface area contributed by atoms with E-state index in [1.54, 1.807) is 42.5 Å². The second-order valence-corrected chi connectivity index (χ2v) is 7.17. The number of amides is 1. The molecule has 1 aliphatic heterocycles. The Labute approximate surface area is 160 Å². The molecule has 1 atom stereocenters. The zero-order chi connectivity index (χ0) is 18.5. The van der Waals surface area contributed by atoms with Crippen LogP contribution in [0.15, 0.2) is 77.7 Å². The smallest absolute Gasteiger partial charge is 0.331 e. The number of carboxylic acid groups (broad SMARTS) is 1. The minimum atomic E-state index is -1.13. The van der Waals surface area contributed by atoms with E-state index in [-0.39, 0.29) is 4.32 Å². The molecule has 2 aromatic rings. The molecular weight excluding hydrogens is 366 g/mol. The van der Waals surface area contributed by atoms with Gasteiger partial charge in [0.25, 0.3) is 5.91 Å². The lowest BCUT2D eigenvalue weighted by atomic mass is 10.1. The van der Waals surface area contributed by atoms with E-state index in [4.69, 9.17) is 12.2 Å². The van der Waals surface area contributed by atoms with E-state index in [0.29, 0.717) is 10.5 Å². The standard InChI is InChI=1S/C20H15NO3S2/c22-18-16(13-7-10-14-8-3-1-4-9-14)26-20(25)21(18)17(19(23)24)15-11-5-2-6-12-15/h1-13,17H,(H,23,24)/b10-7-,16-13+/t17-/m1/s1. The third-order valence-electron chi connectivity index (χ3n) is 3.77. The molecule has 0 saturated carbocycles. The van der Waals surface area contributed by atoms with Crippen LogP contribution in [0.25, 0.3) is 6.08 Å². The number of carboxylic acids is 1. The molecule has 1 N–H and O–H groups in total. The number of thiocarbonyl (C=S) groups is 1. The first-order chi connectivity index (χ1) is 12.6. The lowest BCUT2D eigenvalue weighted by Crippen LogP contribution is -2.37. The highest BCUT2D eigenvalue weighted by Gasteiger charge is 2.41. The molecule has 2 aromatic carbocycles. The van der Waals surface area contributed by atoms with Crippen LogP contribution in [-0.4, -0.2) is 26.2 Å². The molecule has 26 heavy (non-hydrogen) atoms. The van der Waals surface area contributed by atoms with Crippen LogP contribution >= 0.6 is 24.0 Å². The van der Waals surface area contributed by atoms with Crippen molar-refractivity contribution in [3.63, 3.8) is 0 Å². The Hall–Kier alpha value is -2.70. The van der Waals surface area contributed by atoms with Gasteiger partial charge in [0.05, 0.1) is 4.91 Å². The highest BCUT2D eigenvalue weighted by Crippen LogP contribution is 2.37. The first-order valence-electron chi connectivity index (χ1n) is 7.84. The fraction of sp³-hybridized carbons (Fsp3) is 0.0500. The maximum absolute atomic E-state index is 12.7. The van der Waals surface area contributed by atoms with Crippen molar-refractivity contribution in [2.24, 2.45) is 0 Å². The van der Waals surface area contributed by atoms with Gasteiger partial charge in [-0.25, -0.2) is 4.79 Å². The SMILES string of the molecule is O=C(O)[C@@H](c1ccccc1)N1C(=O)/C(=C\C=C/c2ccccc2)SC1=S. The van der Waals surface area contributed by atoms with Crippen molar-refractivity contribution < 1.29 is 14.7 Å². The molecule has 1 heterocycles. The van der Waals surface area contributed by atoms with Gasteiger partial charge in [-0.05, 0) is 17.2 Å². The molecule has 0 aliphatic carbocycles. The largest absolute Gasteiger partial charge is 0.479 e. The summed E-state index contributed by atoms with van der Waals surface area (Å²) in [6.07, 6.45) is 5.30. The maximum Gasteiger partial charge on any atom is 0.331 e. The molecule has 1 amide bonds. The van der Waals surface area contributed by atoms with Gasteiger partial charge in [-0.3, -0.25) is 9.69 Å². The second kappa shape index (κ2) is 8.12. The van der Waals surface area contributed by atoms with Crippen LogP contribution in [0.3, 0.4) is 0 Å². The monoisotopic (exact) mass is 381 g/mol. The fourth-order valence-corrected chi connectivity index (χ4v) is 3.83. The van der Waals surface area contributed by atoms with Crippen molar-refractivity contribution in [1.29, 1.82) is 0 Å². The number of carbonyl (C=O) groups excluding carboxylic acids is 1. The Morgan fingerprint density at radius 1 is 1.08 bits per heavy atom. The number of hydrogen-bond acceptors (Lipinski definition) is 4. The summed E-state index contributed by atoms with van der Waals surface area (Å²) < 4.78 is 0.241. The Kier molecular flexibility index (Phi) is 5.65. The Morgan fingerprint density at radius 3 is 2.31 bits per heavy atom. The van der Waals surface area contributed by atoms with E-state index in [9.17, 15) is 14.7 Å². The van der Waals surface area contributed by atoms with Gasteiger partial charge in [0, 0.05) is 0 Å². The van der Waals surface area contributed by atoms with E-state index in [2.05, 4.69) is 0 Å². The molecule has 4 nitrogen and oxygen atoms in total. The number of carbonyl (C=O) groups is 2. The summed E-state index contributed by atoms with van der Waals surface area (Å²) in [5.41, 5.74) is 1.52. The number of aliphatic carboxylic acids is 1. The number of thioether (sulfide) groups is 1. The number of nitrogens with zero attached hydrogens (tertiary/aromatic N) is 1. The van der Waals surface area contributed by atoms with Gasteiger partial charge in [-0.2, -0.15) is 0 Å². The first kappa shape index (κ1) is 18.1. The van der Waals surface area contributed by atoms with E-state index in [1.165, 1.54) is 4.90 Å². The first-order valence-corrected chi connectivity index (χ1v) is 9.07. The summed E-state index contributed by atoms with van der Waals surface area (Å²) in [7, 11) is 0. The molecule has 1 aliphatic rings. The van der Waals surface area contributed by atoms with E-state index >= 15 is 0 Å². The van der Waals surface area contributed by atoms with Gasteiger partial charge in [0.15, 0.2) is 6.04 Å². The predicted octanol–water partition coefficient (Wildman–Crippen LogP) is 4.27. The minimum Gasteiger partial charge on any atom is -0.479 e. The summed E-state index contributed by atoms with van der Waals surface area (Å²) in [6.45, 7) is 0. The van der Waals surface area contributed by atoms with Gasteiger partial charge < -0.3 is 5.11 Å². The van der Waals surface area contributed by atoms with Crippen LogP contribution in [-0.2, 0) is 9.59 Å². The Balaban J connectivity index is 1.85. The van der Waals surface area contributed by atoms with Crippen LogP contribution in [0.5, 0.6) is 0 Å². The van der Waals surface area contributed by atoms with Gasteiger partial charge in [0.2, 0.25) is 0 Å². The molecule has 0 radical (unpaired) electrons. The molecular formula is C20H15NO3S2. The average Bonchev–Trinajstić information content (AvgIpc) is 2.91. The van der Waals surface area contributed by atoms with Crippen LogP contribution in [0.2, 0.25) is 0 Å². The van der Waals surface area contributed by atoms with Crippen molar-refractivity contribution in [1.82, 2.24) is 4.90 Å². The normalized spacial score (nSPS) is 17.2. The molecule has 0 spiro atoms.